The molecule has 11 nitrogen and oxygen atoms in total. The molecule has 0 aliphatic heterocycles. The van der Waals surface area contributed by atoms with Gasteiger partial charge in [0.15, 0.2) is 5.13 Å². The molecular formula is C14H16N6O5S2. The summed E-state index contributed by atoms with van der Waals surface area (Å²) < 4.78 is 27.1. The Bertz CT molecular complexity index is 1060. The minimum Gasteiger partial charge on any atom is -0.347 e. The predicted molar refractivity (Wildman–Crippen MR) is 97.5 cm³/mol. The Morgan fingerprint density at radius 3 is 2.70 bits per heavy atom. The van der Waals surface area contributed by atoms with Gasteiger partial charge in [0.2, 0.25) is 0 Å². The van der Waals surface area contributed by atoms with Gasteiger partial charge in [-0.2, -0.15) is 13.5 Å². The van der Waals surface area contributed by atoms with Crippen LogP contribution >= 0.6 is 11.3 Å². The first-order valence-electron chi connectivity index (χ1n) is 7.34. The van der Waals surface area contributed by atoms with Crippen molar-refractivity contribution in [2.24, 2.45) is 0 Å². The number of aryl methyl sites for hydroxylation is 1. The van der Waals surface area contributed by atoms with Crippen LogP contribution in [0.15, 0.2) is 35.6 Å². The summed E-state index contributed by atoms with van der Waals surface area (Å²) in [4.78, 5) is 32.5. The number of nitrogens with one attached hydrogen (secondary N) is 2. The van der Waals surface area contributed by atoms with E-state index in [9.17, 15) is 18.0 Å². The van der Waals surface area contributed by atoms with Crippen molar-refractivity contribution in [2.75, 3.05) is 6.26 Å². The number of carbonyl (C=O) groups excluding carboxylic acids is 1. The predicted octanol–water partition coefficient (Wildman–Crippen LogP) is 0.155. The molecule has 3 heterocycles. The number of aromatic nitrogens is 5. The number of nitrogens with zero attached hydrogens (tertiary/aromatic N) is 4. The Morgan fingerprint density at radius 1 is 1.44 bits per heavy atom. The number of pyridine rings is 1. The van der Waals surface area contributed by atoms with E-state index < -0.39 is 15.8 Å². The highest BCUT2D eigenvalue weighted by Crippen LogP contribution is 2.20. The number of hydrogen-bond donors (Lipinski definition) is 3. The van der Waals surface area contributed by atoms with Crippen molar-refractivity contribution in [3.63, 3.8) is 0 Å². The van der Waals surface area contributed by atoms with Crippen LogP contribution < -0.4 is 11.0 Å². The second kappa shape index (κ2) is 8.66. The maximum Gasteiger partial charge on any atom is 0.349 e. The van der Waals surface area contributed by atoms with Gasteiger partial charge in [-0.3, -0.25) is 14.3 Å². The summed E-state index contributed by atoms with van der Waals surface area (Å²) in [5.41, 5.74) is 1.08. The first-order chi connectivity index (χ1) is 12.6. The third kappa shape index (κ3) is 6.40. The zero-order valence-corrected chi connectivity index (χ0v) is 15.9. The van der Waals surface area contributed by atoms with Crippen LogP contribution in [0.3, 0.4) is 0 Å². The maximum absolute atomic E-state index is 12.2. The van der Waals surface area contributed by atoms with Crippen LogP contribution in [0.2, 0.25) is 0 Å². The SMILES string of the molecule is CS(=O)(=O)O.Cc1nc(-n2cn[nH]c2=O)sc1C(=O)NCc1cccnc1. The average Bonchev–Trinajstić information content (AvgIpc) is 3.17. The quantitative estimate of drug-likeness (QED) is 0.511. The molecule has 0 unspecified atom stereocenters. The van der Waals surface area contributed by atoms with Crippen molar-refractivity contribution in [1.82, 2.24) is 30.0 Å². The molecule has 0 spiro atoms. The van der Waals surface area contributed by atoms with Crippen LogP contribution in [0, 0.1) is 6.92 Å². The average molecular weight is 412 g/mol. The van der Waals surface area contributed by atoms with Gasteiger partial charge in [-0.25, -0.2) is 19.4 Å². The molecule has 0 atom stereocenters. The molecule has 27 heavy (non-hydrogen) atoms. The fourth-order valence-electron chi connectivity index (χ4n) is 1.85. The van der Waals surface area contributed by atoms with Crippen molar-refractivity contribution >= 4 is 27.4 Å². The molecule has 0 saturated heterocycles. The van der Waals surface area contributed by atoms with E-state index in [1.165, 1.54) is 10.9 Å². The summed E-state index contributed by atoms with van der Waals surface area (Å²) in [6.07, 6.45) is 5.41. The second-order valence-corrected chi connectivity index (χ2v) is 7.66. The lowest BCUT2D eigenvalue weighted by molar-refractivity contribution is 0.0954. The van der Waals surface area contributed by atoms with E-state index in [0.717, 1.165) is 16.9 Å². The molecule has 144 valence electrons. The lowest BCUT2D eigenvalue weighted by Crippen LogP contribution is -2.22. The Morgan fingerprint density at radius 2 is 2.15 bits per heavy atom. The molecular weight excluding hydrogens is 396 g/mol. The number of thiazole rings is 1. The summed E-state index contributed by atoms with van der Waals surface area (Å²) in [5, 5.41) is 9.15. The highest BCUT2D eigenvalue weighted by molar-refractivity contribution is 7.85. The summed E-state index contributed by atoms with van der Waals surface area (Å²) >= 11 is 1.14. The van der Waals surface area contributed by atoms with E-state index >= 15 is 0 Å². The first kappa shape index (κ1) is 20.4. The van der Waals surface area contributed by atoms with Crippen LogP contribution in [0.5, 0.6) is 0 Å². The summed E-state index contributed by atoms with van der Waals surface area (Å²) in [5.74, 6) is -0.235. The zero-order valence-electron chi connectivity index (χ0n) is 14.3. The zero-order chi connectivity index (χ0) is 20.0. The molecule has 0 bridgehead atoms. The number of carbonyl (C=O) groups is 1. The molecule has 0 radical (unpaired) electrons. The van der Waals surface area contributed by atoms with Crippen molar-refractivity contribution in [3.8, 4) is 5.13 Å². The Hall–Kier alpha value is -2.90. The summed E-state index contributed by atoms with van der Waals surface area (Å²) in [6.45, 7) is 2.11. The van der Waals surface area contributed by atoms with Crippen LogP contribution in [-0.2, 0) is 16.7 Å². The largest absolute Gasteiger partial charge is 0.349 e. The number of aromatic amines is 1. The van der Waals surface area contributed by atoms with E-state index in [1.807, 2.05) is 12.1 Å². The number of hydrogen-bond acceptors (Lipinski definition) is 8. The van der Waals surface area contributed by atoms with Gasteiger partial charge < -0.3 is 5.32 Å². The van der Waals surface area contributed by atoms with Gasteiger partial charge in [-0.15, -0.1) is 0 Å². The van der Waals surface area contributed by atoms with Crippen LogP contribution in [0.1, 0.15) is 20.9 Å². The fourth-order valence-corrected chi connectivity index (χ4v) is 2.80. The fraction of sp³-hybridized carbons (Fsp3) is 0.214. The lowest BCUT2D eigenvalue weighted by Gasteiger charge is -2.03. The van der Waals surface area contributed by atoms with Crippen LogP contribution in [0.4, 0.5) is 0 Å². The Kier molecular flexibility index (Phi) is 6.55. The van der Waals surface area contributed by atoms with E-state index in [0.29, 0.717) is 28.5 Å². The highest BCUT2D eigenvalue weighted by atomic mass is 32.2. The highest BCUT2D eigenvalue weighted by Gasteiger charge is 2.17. The van der Waals surface area contributed by atoms with Crippen molar-refractivity contribution in [3.05, 3.63) is 57.5 Å². The molecule has 13 heteroatoms. The van der Waals surface area contributed by atoms with Gasteiger partial charge in [-0.1, -0.05) is 17.4 Å². The smallest absolute Gasteiger partial charge is 0.347 e. The van der Waals surface area contributed by atoms with Crippen molar-refractivity contribution in [2.45, 2.75) is 13.5 Å². The number of H-pyrrole nitrogens is 1. The molecule has 3 rings (SSSR count). The van der Waals surface area contributed by atoms with Gasteiger partial charge in [-0.05, 0) is 18.6 Å². The summed E-state index contributed by atoms with van der Waals surface area (Å²) in [7, 11) is -3.67. The molecule has 0 aliphatic rings. The number of rotatable bonds is 4. The lowest BCUT2D eigenvalue weighted by atomic mass is 10.3. The third-order valence-electron chi connectivity index (χ3n) is 2.93. The molecule has 3 aromatic heterocycles. The standard InChI is InChI=1S/C13H12N6O2S.CH4O3S/c1-8-10(11(20)15-6-9-3-2-4-14-5-9)22-13(17-8)19-7-16-18-12(19)21;1-5(2,3)4/h2-5,7H,6H2,1H3,(H,15,20)(H,18,21);1H3,(H,2,3,4). The molecule has 0 saturated carbocycles. The molecule has 3 N–H and O–H groups in total. The minimum absolute atomic E-state index is 0.235. The van der Waals surface area contributed by atoms with Crippen molar-refractivity contribution < 1.29 is 17.8 Å². The molecule has 0 fully saturated rings. The molecule has 3 aromatic rings. The van der Waals surface area contributed by atoms with Gasteiger partial charge in [0.1, 0.15) is 11.2 Å². The van der Waals surface area contributed by atoms with Crippen LogP contribution in [-0.4, -0.2) is 49.9 Å². The molecule has 1 amide bonds. The normalized spacial score (nSPS) is 10.8. The van der Waals surface area contributed by atoms with Gasteiger partial charge in [0.25, 0.3) is 16.0 Å². The molecule has 0 aromatic carbocycles. The Labute approximate surface area is 157 Å². The van der Waals surface area contributed by atoms with E-state index in [-0.39, 0.29) is 5.91 Å². The van der Waals surface area contributed by atoms with E-state index in [4.69, 9.17) is 4.55 Å². The monoisotopic (exact) mass is 412 g/mol. The summed E-state index contributed by atoms with van der Waals surface area (Å²) in [6, 6.07) is 3.69. The second-order valence-electron chi connectivity index (χ2n) is 5.22. The molecule has 0 aliphatic carbocycles. The van der Waals surface area contributed by atoms with Crippen molar-refractivity contribution in [1.29, 1.82) is 0 Å². The topological polar surface area (TPSA) is 160 Å². The first-order valence-corrected chi connectivity index (χ1v) is 10.0. The van der Waals surface area contributed by atoms with Crippen LogP contribution in [0.25, 0.3) is 5.13 Å². The van der Waals surface area contributed by atoms with Gasteiger partial charge >= 0.3 is 5.69 Å². The maximum atomic E-state index is 12.2. The van der Waals surface area contributed by atoms with Gasteiger partial charge in [0.05, 0.1) is 11.9 Å². The minimum atomic E-state index is -3.67. The van der Waals surface area contributed by atoms with E-state index in [1.54, 1.807) is 19.3 Å². The van der Waals surface area contributed by atoms with Gasteiger partial charge in [0, 0.05) is 18.9 Å². The van der Waals surface area contributed by atoms with E-state index in [2.05, 4.69) is 25.5 Å². The third-order valence-corrected chi connectivity index (χ3v) is 4.08. The number of amides is 1. The Balaban J connectivity index is 0.000000465.